The van der Waals surface area contributed by atoms with Crippen molar-refractivity contribution in [1.82, 2.24) is 29.8 Å². The van der Waals surface area contributed by atoms with Crippen LogP contribution in [0.5, 0.6) is 0 Å². The van der Waals surface area contributed by atoms with Gasteiger partial charge in [-0.05, 0) is 6.07 Å². The molecule has 8 heteroatoms. The first-order chi connectivity index (χ1) is 11.9. The standard InChI is InChI=1S/C17H26N6O2/c1-17(2,3)14-4-5-16(24)23(20-14)11-10-21-6-8-22(9-7-21)12-15-19-18-13-25-15/h4-5,13H,6-12H2,1-3H3. The first-order valence-corrected chi connectivity index (χ1v) is 8.70. The van der Waals surface area contributed by atoms with Gasteiger partial charge in [-0.1, -0.05) is 20.8 Å². The van der Waals surface area contributed by atoms with E-state index in [0.717, 1.165) is 38.4 Å². The summed E-state index contributed by atoms with van der Waals surface area (Å²) in [4.78, 5) is 16.7. The van der Waals surface area contributed by atoms with Crippen LogP contribution in [0.3, 0.4) is 0 Å². The van der Waals surface area contributed by atoms with E-state index in [1.54, 1.807) is 10.7 Å². The lowest BCUT2D eigenvalue weighted by atomic mass is 9.92. The first kappa shape index (κ1) is 17.8. The molecule has 25 heavy (non-hydrogen) atoms. The van der Waals surface area contributed by atoms with Crippen LogP contribution in [0.4, 0.5) is 0 Å². The molecule has 0 aromatic carbocycles. The molecule has 1 fully saturated rings. The van der Waals surface area contributed by atoms with Gasteiger partial charge in [0.2, 0.25) is 12.3 Å². The van der Waals surface area contributed by atoms with E-state index in [1.807, 2.05) is 6.07 Å². The van der Waals surface area contributed by atoms with Crippen molar-refractivity contribution >= 4 is 0 Å². The number of rotatable bonds is 5. The lowest BCUT2D eigenvalue weighted by Crippen LogP contribution is -2.47. The molecule has 136 valence electrons. The summed E-state index contributed by atoms with van der Waals surface area (Å²) in [6.07, 6.45) is 1.36. The molecule has 2 aromatic rings. The summed E-state index contributed by atoms with van der Waals surface area (Å²) in [6, 6.07) is 3.45. The van der Waals surface area contributed by atoms with Gasteiger partial charge >= 0.3 is 0 Å². The Morgan fingerprint density at radius 2 is 1.80 bits per heavy atom. The lowest BCUT2D eigenvalue weighted by molar-refractivity contribution is 0.115. The number of hydrogen-bond donors (Lipinski definition) is 0. The quantitative estimate of drug-likeness (QED) is 0.790. The predicted octanol–water partition coefficient (Wildman–Crippen LogP) is 0.742. The summed E-state index contributed by atoms with van der Waals surface area (Å²) >= 11 is 0. The highest BCUT2D eigenvalue weighted by Crippen LogP contribution is 2.18. The molecule has 3 heterocycles. The summed E-state index contributed by atoms with van der Waals surface area (Å²) in [6.45, 7) is 12.3. The minimum absolute atomic E-state index is 0.0389. The zero-order valence-electron chi connectivity index (χ0n) is 15.2. The fourth-order valence-electron chi connectivity index (χ4n) is 2.87. The Hall–Kier alpha value is -2.06. The second kappa shape index (κ2) is 7.45. The third-order valence-corrected chi connectivity index (χ3v) is 4.49. The molecule has 0 bridgehead atoms. The number of piperazine rings is 1. The normalized spacial score (nSPS) is 17.1. The molecule has 0 unspecified atom stereocenters. The third-order valence-electron chi connectivity index (χ3n) is 4.49. The summed E-state index contributed by atoms with van der Waals surface area (Å²) in [5.74, 6) is 0.656. The van der Waals surface area contributed by atoms with Crippen LogP contribution in [0, 0.1) is 0 Å². The van der Waals surface area contributed by atoms with Crippen molar-refractivity contribution in [3.8, 4) is 0 Å². The Bertz CT molecular complexity index is 726. The molecule has 8 nitrogen and oxygen atoms in total. The van der Waals surface area contributed by atoms with Crippen LogP contribution in [-0.2, 0) is 18.5 Å². The van der Waals surface area contributed by atoms with Crippen LogP contribution in [-0.4, -0.2) is 62.5 Å². The van der Waals surface area contributed by atoms with Gasteiger partial charge in [-0.2, -0.15) is 5.10 Å². The van der Waals surface area contributed by atoms with Crippen LogP contribution < -0.4 is 5.56 Å². The van der Waals surface area contributed by atoms with E-state index in [0.29, 0.717) is 19.0 Å². The molecule has 0 radical (unpaired) electrons. The van der Waals surface area contributed by atoms with Crippen LogP contribution in [0.15, 0.2) is 27.7 Å². The minimum Gasteiger partial charge on any atom is -0.427 e. The number of nitrogens with zero attached hydrogens (tertiary/aromatic N) is 6. The van der Waals surface area contributed by atoms with Gasteiger partial charge in [-0.3, -0.25) is 14.6 Å². The highest BCUT2D eigenvalue weighted by Gasteiger charge is 2.19. The molecule has 1 aliphatic rings. The van der Waals surface area contributed by atoms with Crippen molar-refractivity contribution in [3.63, 3.8) is 0 Å². The largest absolute Gasteiger partial charge is 0.427 e. The SMILES string of the molecule is CC(C)(C)c1ccc(=O)n(CCN2CCN(Cc3nnco3)CC2)n1. The fraction of sp³-hybridized carbons (Fsp3) is 0.647. The molecule has 1 saturated heterocycles. The van der Waals surface area contributed by atoms with Crippen molar-refractivity contribution in [1.29, 1.82) is 0 Å². The predicted molar refractivity (Wildman–Crippen MR) is 93.2 cm³/mol. The van der Waals surface area contributed by atoms with Gasteiger partial charge in [0.1, 0.15) is 0 Å². The molecule has 0 saturated carbocycles. The minimum atomic E-state index is -0.0597. The van der Waals surface area contributed by atoms with Gasteiger partial charge in [0.05, 0.1) is 18.8 Å². The Morgan fingerprint density at radius 1 is 1.08 bits per heavy atom. The fourth-order valence-corrected chi connectivity index (χ4v) is 2.87. The molecule has 0 atom stereocenters. The second-order valence-corrected chi connectivity index (χ2v) is 7.48. The van der Waals surface area contributed by atoms with E-state index in [4.69, 9.17) is 4.42 Å². The Kier molecular flexibility index (Phi) is 5.29. The zero-order valence-corrected chi connectivity index (χ0v) is 15.2. The third kappa shape index (κ3) is 4.73. The van der Waals surface area contributed by atoms with Gasteiger partial charge in [0.25, 0.3) is 5.56 Å². The first-order valence-electron chi connectivity index (χ1n) is 8.70. The molecule has 1 aliphatic heterocycles. The van der Waals surface area contributed by atoms with Gasteiger partial charge in [-0.25, -0.2) is 4.68 Å². The average molecular weight is 346 g/mol. The van der Waals surface area contributed by atoms with Gasteiger partial charge in [-0.15, -0.1) is 10.2 Å². The molecular weight excluding hydrogens is 320 g/mol. The molecule has 0 amide bonds. The Morgan fingerprint density at radius 3 is 2.44 bits per heavy atom. The topological polar surface area (TPSA) is 80.3 Å². The van der Waals surface area contributed by atoms with Crippen molar-refractivity contribution < 1.29 is 4.42 Å². The Labute approximate surface area is 147 Å². The second-order valence-electron chi connectivity index (χ2n) is 7.48. The smallest absolute Gasteiger partial charge is 0.266 e. The van der Waals surface area contributed by atoms with E-state index < -0.39 is 0 Å². The molecule has 0 spiro atoms. The highest BCUT2D eigenvalue weighted by molar-refractivity contribution is 5.10. The van der Waals surface area contributed by atoms with Crippen LogP contribution in [0.2, 0.25) is 0 Å². The number of hydrogen-bond acceptors (Lipinski definition) is 7. The van der Waals surface area contributed by atoms with E-state index in [-0.39, 0.29) is 11.0 Å². The van der Waals surface area contributed by atoms with Crippen LogP contribution in [0.25, 0.3) is 0 Å². The lowest BCUT2D eigenvalue weighted by Gasteiger charge is -2.33. The van der Waals surface area contributed by atoms with Gasteiger partial charge < -0.3 is 4.42 Å². The number of aromatic nitrogens is 4. The maximum Gasteiger partial charge on any atom is 0.266 e. The molecule has 2 aromatic heterocycles. The maximum atomic E-state index is 12.1. The van der Waals surface area contributed by atoms with Crippen molar-refractivity contribution in [2.24, 2.45) is 0 Å². The maximum absolute atomic E-state index is 12.1. The van der Waals surface area contributed by atoms with E-state index in [2.05, 4.69) is 45.9 Å². The average Bonchev–Trinajstić information content (AvgIpc) is 3.07. The molecule has 0 aliphatic carbocycles. The molecule has 3 rings (SSSR count). The summed E-state index contributed by atoms with van der Waals surface area (Å²) in [5.41, 5.74) is 0.843. The van der Waals surface area contributed by atoms with E-state index in [9.17, 15) is 4.79 Å². The van der Waals surface area contributed by atoms with Crippen LogP contribution >= 0.6 is 0 Å². The van der Waals surface area contributed by atoms with Crippen molar-refractivity contribution in [3.05, 3.63) is 40.5 Å². The molecular formula is C17H26N6O2. The van der Waals surface area contributed by atoms with E-state index in [1.165, 1.54) is 6.39 Å². The zero-order chi connectivity index (χ0) is 17.9. The highest BCUT2D eigenvalue weighted by atomic mass is 16.4. The molecule has 0 N–H and O–H groups in total. The van der Waals surface area contributed by atoms with Gasteiger partial charge in [0.15, 0.2) is 0 Å². The van der Waals surface area contributed by atoms with Gasteiger partial charge in [0, 0.05) is 44.2 Å². The summed E-state index contributed by atoms with van der Waals surface area (Å²) in [5, 5.41) is 12.2. The Balaban J connectivity index is 1.51. The van der Waals surface area contributed by atoms with E-state index >= 15 is 0 Å². The van der Waals surface area contributed by atoms with Crippen LogP contribution in [0.1, 0.15) is 32.4 Å². The summed E-state index contributed by atoms with van der Waals surface area (Å²) in [7, 11) is 0. The van der Waals surface area contributed by atoms with Crippen molar-refractivity contribution in [2.75, 3.05) is 32.7 Å². The van der Waals surface area contributed by atoms with Crippen molar-refractivity contribution in [2.45, 2.75) is 39.3 Å². The summed E-state index contributed by atoms with van der Waals surface area (Å²) < 4.78 is 6.79. The monoisotopic (exact) mass is 346 g/mol.